The van der Waals surface area contributed by atoms with Crippen LogP contribution in [0.4, 0.5) is 5.69 Å². The summed E-state index contributed by atoms with van der Waals surface area (Å²) >= 11 is 0. The Morgan fingerprint density at radius 1 is 1.15 bits per heavy atom. The van der Waals surface area contributed by atoms with E-state index in [0.717, 1.165) is 19.5 Å². The molecule has 0 aromatic heterocycles. The van der Waals surface area contributed by atoms with Crippen LogP contribution >= 0.6 is 0 Å². The van der Waals surface area contributed by atoms with Crippen molar-refractivity contribution < 1.29 is 5.11 Å². The van der Waals surface area contributed by atoms with Crippen LogP contribution in [-0.4, -0.2) is 24.3 Å². The Hall–Kier alpha value is -1.02. The molecular weight excluding hydrogens is 246 g/mol. The van der Waals surface area contributed by atoms with E-state index in [4.69, 9.17) is 0 Å². The van der Waals surface area contributed by atoms with Crippen molar-refractivity contribution in [2.45, 2.75) is 58.0 Å². The SMILES string of the molecule is Cc1ccc2c(c1)CCCN2CC1CCCCCC1O. The van der Waals surface area contributed by atoms with Gasteiger partial charge in [0, 0.05) is 24.7 Å². The Morgan fingerprint density at radius 3 is 2.90 bits per heavy atom. The highest BCUT2D eigenvalue weighted by molar-refractivity contribution is 5.56. The summed E-state index contributed by atoms with van der Waals surface area (Å²) < 4.78 is 0. The summed E-state index contributed by atoms with van der Waals surface area (Å²) in [6, 6.07) is 6.85. The molecule has 1 aromatic rings. The highest BCUT2D eigenvalue weighted by Gasteiger charge is 2.26. The van der Waals surface area contributed by atoms with Crippen molar-refractivity contribution in [3.63, 3.8) is 0 Å². The lowest BCUT2D eigenvalue weighted by Crippen LogP contribution is -2.37. The summed E-state index contributed by atoms with van der Waals surface area (Å²) in [5.74, 6) is 0.463. The van der Waals surface area contributed by atoms with E-state index in [2.05, 4.69) is 30.0 Å². The minimum atomic E-state index is -0.0895. The number of benzene rings is 1. The molecule has 0 radical (unpaired) electrons. The Labute approximate surface area is 122 Å². The summed E-state index contributed by atoms with van der Waals surface area (Å²) in [6.07, 6.45) is 8.35. The molecule has 0 spiro atoms. The maximum atomic E-state index is 10.3. The fourth-order valence-electron chi connectivity index (χ4n) is 3.85. The van der Waals surface area contributed by atoms with E-state index < -0.39 is 0 Å². The summed E-state index contributed by atoms with van der Waals surface area (Å²) in [6.45, 7) is 4.37. The average molecular weight is 273 g/mol. The first-order valence-corrected chi connectivity index (χ1v) is 8.26. The lowest BCUT2D eigenvalue weighted by molar-refractivity contribution is 0.103. The smallest absolute Gasteiger partial charge is 0.0585 e. The summed E-state index contributed by atoms with van der Waals surface area (Å²) in [7, 11) is 0. The van der Waals surface area contributed by atoms with Gasteiger partial charge in [-0.1, -0.05) is 37.0 Å². The van der Waals surface area contributed by atoms with Gasteiger partial charge in [-0.15, -0.1) is 0 Å². The Bertz CT molecular complexity index is 457. The quantitative estimate of drug-likeness (QED) is 0.831. The number of hydrogen-bond acceptors (Lipinski definition) is 2. The van der Waals surface area contributed by atoms with Crippen LogP contribution < -0.4 is 4.90 Å². The second kappa shape index (κ2) is 6.17. The molecule has 2 nitrogen and oxygen atoms in total. The van der Waals surface area contributed by atoms with Crippen molar-refractivity contribution in [1.29, 1.82) is 0 Å². The Kier molecular flexibility index (Phi) is 4.30. The van der Waals surface area contributed by atoms with Crippen LogP contribution in [0.1, 0.15) is 49.7 Å². The molecule has 2 atom stereocenters. The van der Waals surface area contributed by atoms with Gasteiger partial charge in [0.25, 0.3) is 0 Å². The van der Waals surface area contributed by atoms with Crippen LogP contribution in [0.2, 0.25) is 0 Å². The number of aliphatic hydroxyl groups is 1. The predicted molar refractivity (Wildman–Crippen MR) is 84.3 cm³/mol. The summed E-state index contributed by atoms with van der Waals surface area (Å²) in [5, 5.41) is 10.3. The van der Waals surface area contributed by atoms with Gasteiger partial charge in [0.1, 0.15) is 0 Å². The van der Waals surface area contributed by atoms with Crippen LogP contribution in [0.15, 0.2) is 18.2 Å². The topological polar surface area (TPSA) is 23.5 Å². The van der Waals surface area contributed by atoms with Crippen LogP contribution in [0.3, 0.4) is 0 Å². The lowest BCUT2D eigenvalue weighted by Gasteiger charge is -2.35. The van der Waals surface area contributed by atoms with Crippen LogP contribution in [0.5, 0.6) is 0 Å². The number of hydrogen-bond donors (Lipinski definition) is 1. The summed E-state index contributed by atoms with van der Waals surface area (Å²) in [4.78, 5) is 2.53. The molecule has 1 aliphatic heterocycles. The number of aryl methyl sites for hydroxylation is 2. The van der Waals surface area contributed by atoms with E-state index in [1.807, 2.05) is 0 Å². The third kappa shape index (κ3) is 3.01. The van der Waals surface area contributed by atoms with Gasteiger partial charge in [-0.2, -0.15) is 0 Å². The van der Waals surface area contributed by atoms with E-state index in [1.54, 1.807) is 0 Å². The first kappa shape index (κ1) is 13.9. The fourth-order valence-corrected chi connectivity index (χ4v) is 3.85. The standard InChI is InChI=1S/C18H27NO/c1-14-9-10-17-15(12-14)7-5-11-19(17)13-16-6-3-2-4-8-18(16)20/h9-10,12,16,18,20H,2-8,11,13H2,1H3. The molecule has 1 N–H and O–H groups in total. The zero-order valence-electron chi connectivity index (χ0n) is 12.6. The molecule has 3 rings (SSSR count). The number of anilines is 1. The maximum Gasteiger partial charge on any atom is 0.0585 e. The van der Waals surface area contributed by atoms with E-state index in [0.29, 0.717) is 5.92 Å². The van der Waals surface area contributed by atoms with Gasteiger partial charge in [0.15, 0.2) is 0 Å². The first-order chi connectivity index (χ1) is 9.74. The van der Waals surface area contributed by atoms with E-state index >= 15 is 0 Å². The lowest BCUT2D eigenvalue weighted by atomic mass is 9.93. The fraction of sp³-hybridized carbons (Fsp3) is 0.667. The van der Waals surface area contributed by atoms with Crippen molar-refractivity contribution >= 4 is 5.69 Å². The number of nitrogens with zero attached hydrogens (tertiary/aromatic N) is 1. The molecule has 2 unspecified atom stereocenters. The van der Waals surface area contributed by atoms with Gasteiger partial charge in [-0.05, 0) is 44.2 Å². The molecule has 1 aliphatic carbocycles. The molecule has 0 saturated heterocycles. The van der Waals surface area contributed by atoms with Crippen molar-refractivity contribution in [3.05, 3.63) is 29.3 Å². The van der Waals surface area contributed by atoms with Crippen molar-refractivity contribution in [3.8, 4) is 0 Å². The van der Waals surface area contributed by atoms with Gasteiger partial charge >= 0.3 is 0 Å². The van der Waals surface area contributed by atoms with Crippen molar-refractivity contribution in [2.75, 3.05) is 18.0 Å². The molecule has 1 saturated carbocycles. The normalized spacial score (nSPS) is 27.0. The second-order valence-corrected chi connectivity index (χ2v) is 6.65. The highest BCUT2D eigenvalue weighted by Crippen LogP contribution is 2.31. The van der Waals surface area contributed by atoms with Gasteiger partial charge < -0.3 is 10.0 Å². The zero-order chi connectivity index (χ0) is 13.9. The third-order valence-corrected chi connectivity index (χ3v) is 5.02. The molecule has 20 heavy (non-hydrogen) atoms. The molecule has 2 aliphatic rings. The van der Waals surface area contributed by atoms with Crippen LogP contribution in [-0.2, 0) is 6.42 Å². The zero-order valence-corrected chi connectivity index (χ0v) is 12.6. The highest BCUT2D eigenvalue weighted by atomic mass is 16.3. The molecule has 0 bridgehead atoms. The Balaban J connectivity index is 1.75. The second-order valence-electron chi connectivity index (χ2n) is 6.65. The van der Waals surface area contributed by atoms with Crippen LogP contribution in [0, 0.1) is 12.8 Å². The molecule has 2 heteroatoms. The molecule has 0 amide bonds. The van der Waals surface area contributed by atoms with E-state index in [-0.39, 0.29) is 6.10 Å². The third-order valence-electron chi connectivity index (χ3n) is 5.02. The molecular formula is C18H27NO. The van der Waals surface area contributed by atoms with Crippen molar-refractivity contribution in [2.24, 2.45) is 5.92 Å². The largest absolute Gasteiger partial charge is 0.393 e. The number of fused-ring (bicyclic) bond motifs is 1. The molecule has 1 heterocycles. The minimum absolute atomic E-state index is 0.0895. The van der Waals surface area contributed by atoms with E-state index in [9.17, 15) is 5.11 Å². The monoisotopic (exact) mass is 273 g/mol. The molecule has 1 aromatic carbocycles. The van der Waals surface area contributed by atoms with Gasteiger partial charge in [0.05, 0.1) is 6.10 Å². The average Bonchev–Trinajstić information content (AvgIpc) is 2.64. The van der Waals surface area contributed by atoms with E-state index in [1.165, 1.54) is 55.3 Å². The minimum Gasteiger partial charge on any atom is -0.393 e. The summed E-state index contributed by atoms with van der Waals surface area (Å²) in [5.41, 5.74) is 4.28. The number of rotatable bonds is 2. The molecule has 110 valence electrons. The van der Waals surface area contributed by atoms with Gasteiger partial charge in [-0.3, -0.25) is 0 Å². The van der Waals surface area contributed by atoms with Gasteiger partial charge in [-0.25, -0.2) is 0 Å². The van der Waals surface area contributed by atoms with Crippen molar-refractivity contribution in [1.82, 2.24) is 0 Å². The van der Waals surface area contributed by atoms with Gasteiger partial charge in [0.2, 0.25) is 0 Å². The van der Waals surface area contributed by atoms with Crippen LogP contribution in [0.25, 0.3) is 0 Å². The molecule has 1 fully saturated rings. The first-order valence-electron chi connectivity index (χ1n) is 8.26. The Morgan fingerprint density at radius 2 is 2.00 bits per heavy atom. The maximum absolute atomic E-state index is 10.3. The number of aliphatic hydroxyl groups excluding tert-OH is 1. The predicted octanol–water partition coefficient (Wildman–Crippen LogP) is 3.69.